The lowest BCUT2D eigenvalue weighted by atomic mass is 9.75. The van der Waals surface area contributed by atoms with Crippen LogP contribution in [0.3, 0.4) is 0 Å². The Balaban J connectivity index is 0.640. The molecular weight excluding hydrogens is 1010 g/mol. The second-order valence-corrected chi connectivity index (χ2v) is 24.7. The predicted molar refractivity (Wildman–Crippen MR) is 356 cm³/mol. The van der Waals surface area contributed by atoms with Crippen molar-refractivity contribution in [3.63, 3.8) is 0 Å². The minimum Gasteiger partial charge on any atom is -0.309 e. The molecule has 2 nitrogen and oxygen atoms in total. The zero-order valence-electron chi connectivity index (χ0n) is 47.0. The molecule has 12 aromatic carbocycles. The SMILES string of the molecule is C(=C\c1ccc2c(c1)c1ccccc1n2-c1ccc2ccccc2c1)/c1ccc2c(c1)C1(CCCC1)c1cc(-c3ccc4c(c3)C3(CCCC3)c3cc(/C=C/c5ccc6c(c5)c5ccccc5n6-c5ccc6ccccc6c5)ccc3-4)ccc1-2. The van der Waals surface area contributed by atoms with E-state index in [9.17, 15) is 0 Å². The molecule has 2 saturated carbocycles. The van der Waals surface area contributed by atoms with E-state index >= 15 is 0 Å². The van der Waals surface area contributed by atoms with Crippen molar-refractivity contribution in [3.8, 4) is 44.8 Å². The summed E-state index contributed by atoms with van der Waals surface area (Å²) >= 11 is 0. The molecule has 4 aliphatic rings. The monoisotopic (exact) mass is 1070 g/mol. The Labute approximate surface area is 489 Å². The van der Waals surface area contributed by atoms with E-state index in [0.717, 1.165) is 0 Å². The van der Waals surface area contributed by atoms with E-state index in [2.05, 4.69) is 276 Å². The normalized spacial score (nSPS) is 15.6. The molecule has 398 valence electrons. The highest BCUT2D eigenvalue weighted by molar-refractivity contribution is 6.11. The smallest absolute Gasteiger partial charge is 0.0541 e. The molecule has 2 spiro atoms. The van der Waals surface area contributed by atoms with Crippen LogP contribution in [0.15, 0.2) is 243 Å². The number of nitrogens with zero attached hydrogens (tertiary/aromatic N) is 2. The first-order chi connectivity index (χ1) is 41.5. The van der Waals surface area contributed by atoms with Crippen LogP contribution in [0, 0.1) is 0 Å². The minimum atomic E-state index is 0.0418. The van der Waals surface area contributed by atoms with Crippen molar-refractivity contribution in [1.82, 2.24) is 9.13 Å². The van der Waals surface area contributed by atoms with E-state index < -0.39 is 0 Å². The number of benzene rings is 12. The van der Waals surface area contributed by atoms with E-state index in [1.807, 2.05) is 0 Å². The van der Waals surface area contributed by atoms with Gasteiger partial charge in [0.2, 0.25) is 0 Å². The van der Waals surface area contributed by atoms with Crippen molar-refractivity contribution in [2.45, 2.75) is 62.2 Å². The molecule has 18 rings (SSSR count). The Kier molecular flexibility index (Phi) is 10.5. The summed E-state index contributed by atoms with van der Waals surface area (Å²) in [5.41, 5.74) is 26.8. The lowest BCUT2D eigenvalue weighted by Gasteiger charge is -2.28. The van der Waals surface area contributed by atoms with Crippen molar-refractivity contribution < 1.29 is 0 Å². The first-order valence-electron chi connectivity index (χ1n) is 30.5. The summed E-state index contributed by atoms with van der Waals surface area (Å²) in [4.78, 5) is 0. The van der Waals surface area contributed by atoms with Gasteiger partial charge in [0.15, 0.2) is 0 Å². The van der Waals surface area contributed by atoms with Crippen LogP contribution in [-0.4, -0.2) is 9.13 Å². The molecule has 2 fully saturated rings. The summed E-state index contributed by atoms with van der Waals surface area (Å²) in [6, 6.07) is 92.2. The Morgan fingerprint density at radius 3 is 1.05 bits per heavy atom. The maximum Gasteiger partial charge on any atom is 0.0541 e. The van der Waals surface area contributed by atoms with Gasteiger partial charge in [0.25, 0.3) is 0 Å². The lowest BCUT2D eigenvalue weighted by molar-refractivity contribution is 0.549. The number of fused-ring (bicyclic) bond motifs is 18. The van der Waals surface area contributed by atoms with Crippen LogP contribution in [0.25, 0.3) is 134 Å². The summed E-state index contributed by atoms with van der Waals surface area (Å²) in [5, 5.41) is 10.1. The van der Waals surface area contributed by atoms with Gasteiger partial charge in [-0.15, -0.1) is 0 Å². The Morgan fingerprint density at radius 2 is 0.607 bits per heavy atom. The van der Waals surface area contributed by atoms with Crippen LogP contribution in [0.2, 0.25) is 0 Å². The highest BCUT2D eigenvalue weighted by Crippen LogP contribution is 2.60. The first-order valence-corrected chi connectivity index (χ1v) is 30.5. The zero-order chi connectivity index (χ0) is 55.1. The van der Waals surface area contributed by atoms with Crippen LogP contribution < -0.4 is 0 Å². The fourth-order valence-electron chi connectivity index (χ4n) is 16.4. The van der Waals surface area contributed by atoms with E-state index in [1.54, 1.807) is 0 Å². The van der Waals surface area contributed by atoms with Crippen molar-refractivity contribution in [1.29, 1.82) is 0 Å². The fraction of sp³-hybridized carbons (Fsp3) is 0.122. The molecule has 4 aliphatic carbocycles. The largest absolute Gasteiger partial charge is 0.309 e. The third-order valence-electron chi connectivity index (χ3n) is 20.3. The van der Waals surface area contributed by atoms with Gasteiger partial charge < -0.3 is 9.13 Å². The summed E-state index contributed by atoms with van der Waals surface area (Å²) < 4.78 is 4.85. The number of para-hydroxylation sites is 2. The maximum absolute atomic E-state index is 2.60. The first kappa shape index (κ1) is 47.8. The Bertz CT molecular complexity index is 4830. The molecule has 0 amide bonds. The van der Waals surface area contributed by atoms with Crippen molar-refractivity contribution in [3.05, 3.63) is 287 Å². The molecule has 2 heteroatoms. The summed E-state index contributed by atoms with van der Waals surface area (Å²) in [7, 11) is 0. The van der Waals surface area contributed by atoms with E-state index in [-0.39, 0.29) is 10.8 Å². The minimum absolute atomic E-state index is 0.0418. The average molecular weight is 1070 g/mol. The van der Waals surface area contributed by atoms with Crippen molar-refractivity contribution in [2.75, 3.05) is 0 Å². The molecular formula is C82H60N2. The van der Waals surface area contributed by atoms with Gasteiger partial charge in [0.05, 0.1) is 22.1 Å². The van der Waals surface area contributed by atoms with Gasteiger partial charge in [0.1, 0.15) is 0 Å². The molecule has 14 aromatic rings. The molecule has 0 unspecified atom stereocenters. The average Bonchev–Trinajstić information content (AvgIpc) is 3.15. The third kappa shape index (κ3) is 7.16. The van der Waals surface area contributed by atoms with Gasteiger partial charge in [-0.2, -0.15) is 0 Å². The Hall–Kier alpha value is -9.76. The van der Waals surface area contributed by atoms with Gasteiger partial charge in [-0.25, -0.2) is 0 Å². The summed E-state index contributed by atoms with van der Waals surface area (Å²) in [5.74, 6) is 0. The number of rotatable bonds is 7. The van der Waals surface area contributed by atoms with E-state index in [0.29, 0.717) is 0 Å². The Morgan fingerprint density at radius 1 is 0.262 bits per heavy atom. The molecule has 0 saturated heterocycles. The van der Waals surface area contributed by atoms with Crippen LogP contribution in [0.5, 0.6) is 0 Å². The van der Waals surface area contributed by atoms with Crippen LogP contribution in [-0.2, 0) is 10.8 Å². The third-order valence-corrected chi connectivity index (χ3v) is 20.3. The topological polar surface area (TPSA) is 9.86 Å². The fourth-order valence-corrected chi connectivity index (χ4v) is 16.4. The number of hydrogen-bond donors (Lipinski definition) is 0. The summed E-state index contributed by atoms with van der Waals surface area (Å²) in [6.07, 6.45) is 19.2. The number of aromatic nitrogens is 2. The van der Waals surface area contributed by atoms with Gasteiger partial charge in [-0.3, -0.25) is 0 Å². The molecule has 0 radical (unpaired) electrons. The highest BCUT2D eigenvalue weighted by atomic mass is 15.0. The summed E-state index contributed by atoms with van der Waals surface area (Å²) in [6.45, 7) is 0. The molecule has 0 aliphatic heterocycles. The van der Waals surface area contributed by atoms with Gasteiger partial charge in [0, 0.05) is 43.7 Å². The van der Waals surface area contributed by atoms with E-state index in [4.69, 9.17) is 0 Å². The second kappa shape index (κ2) is 18.4. The van der Waals surface area contributed by atoms with Crippen LogP contribution >= 0.6 is 0 Å². The van der Waals surface area contributed by atoms with E-state index in [1.165, 1.54) is 206 Å². The zero-order valence-corrected chi connectivity index (χ0v) is 47.0. The number of hydrogen-bond acceptors (Lipinski definition) is 0. The molecule has 0 bridgehead atoms. The molecule has 2 aromatic heterocycles. The van der Waals surface area contributed by atoms with Crippen molar-refractivity contribution >= 4 is 89.5 Å². The van der Waals surface area contributed by atoms with Crippen LogP contribution in [0.1, 0.15) is 95.9 Å². The predicted octanol–water partition coefficient (Wildman–Crippen LogP) is 21.9. The van der Waals surface area contributed by atoms with Gasteiger partial charge >= 0.3 is 0 Å². The standard InChI is InChI=1S/C82H60N2/c1-3-15-59-49-63(33-29-57(59)13-1)83-77-19-7-5-17-69(77)71-45-53(27-39-79(71)83)21-23-55-25-35-65-67-37-31-61(51-75(67)81(73(65)47-55)41-9-10-42-81)62-32-38-68-66-36-26-56(48-74(66)82(76(68)52-62)43-11-12-44-82)24-22-54-28-40-80-72(46-54)70-18-6-8-20-78(70)84(80)64-34-30-58-14-2-4-16-60(58)50-64/h1-8,13-40,45-52H,9-12,41-44H2/b23-21+,24-22+. The maximum atomic E-state index is 2.60. The van der Waals surface area contributed by atoms with Gasteiger partial charge in [-0.1, -0.05) is 220 Å². The van der Waals surface area contributed by atoms with Gasteiger partial charge in [-0.05, 0) is 198 Å². The van der Waals surface area contributed by atoms with Crippen LogP contribution in [0.4, 0.5) is 0 Å². The second-order valence-electron chi connectivity index (χ2n) is 24.7. The molecule has 84 heavy (non-hydrogen) atoms. The molecule has 0 atom stereocenters. The highest BCUT2D eigenvalue weighted by Gasteiger charge is 2.47. The lowest BCUT2D eigenvalue weighted by Crippen LogP contribution is -2.21. The molecule has 0 N–H and O–H groups in total. The molecule has 2 heterocycles. The quantitative estimate of drug-likeness (QED) is 0.141. The van der Waals surface area contributed by atoms with Crippen molar-refractivity contribution in [2.24, 2.45) is 0 Å².